The summed E-state index contributed by atoms with van der Waals surface area (Å²) in [6.07, 6.45) is 3.89. The van der Waals surface area contributed by atoms with Crippen molar-refractivity contribution in [1.29, 1.82) is 0 Å². The van der Waals surface area contributed by atoms with Crippen molar-refractivity contribution in [3.05, 3.63) is 95.6 Å². The predicted molar refractivity (Wildman–Crippen MR) is 123 cm³/mol. The Hall–Kier alpha value is -4.19. The summed E-state index contributed by atoms with van der Waals surface area (Å²) in [7, 11) is 0. The fraction of sp³-hybridized carbons (Fsp3) is 0.115. The molecule has 32 heavy (non-hydrogen) atoms. The second kappa shape index (κ2) is 7.81. The van der Waals surface area contributed by atoms with Crippen molar-refractivity contribution < 1.29 is 14.4 Å². The van der Waals surface area contributed by atoms with E-state index in [1.54, 1.807) is 18.2 Å². The van der Waals surface area contributed by atoms with Gasteiger partial charge in [0, 0.05) is 41.0 Å². The average molecular weight is 423 g/mol. The van der Waals surface area contributed by atoms with Crippen molar-refractivity contribution in [2.75, 3.05) is 0 Å². The topological polar surface area (TPSA) is 81.2 Å². The summed E-state index contributed by atoms with van der Waals surface area (Å²) in [4.78, 5) is 16.3. The first kappa shape index (κ1) is 19.8. The van der Waals surface area contributed by atoms with Gasteiger partial charge in [0.25, 0.3) is 0 Å². The fourth-order valence-electron chi connectivity index (χ4n) is 4.15. The molecule has 0 atom stereocenters. The number of carboxylic acid groups (broad SMARTS) is 1. The highest BCUT2D eigenvalue weighted by atomic mass is 16.5. The largest absolute Gasteiger partial charge is 0.478 e. The molecule has 0 saturated heterocycles. The number of rotatable bonds is 5. The summed E-state index contributed by atoms with van der Waals surface area (Å²) in [5.41, 5.74) is 6.66. The number of aromatic carboxylic acids is 1. The lowest BCUT2D eigenvalue weighted by Crippen LogP contribution is -1.99. The lowest BCUT2D eigenvalue weighted by molar-refractivity contribution is 0.0697. The van der Waals surface area contributed by atoms with Gasteiger partial charge in [-0.25, -0.2) is 9.78 Å². The van der Waals surface area contributed by atoms with Crippen LogP contribution in [-0.4, -0.2) is 25.8 Å². The van der Waals surface area contributed by atoms with Crippen LogP contribution in [0.2, 0.25) is 0 Å². The third kappa shape index (κ3) is 3.46. The molecule has 0 amide bonds. The minimum atomic E-state index is -0.950. The van der Waals surface area contributed by atoms with E-state index in [4.69, 9.17) is 9.51 Å². The first-order chi connectivity index (χ1) is 15.5. The Morgan fingerprint density at radius 1 is 1.03 bits per heavy atom. The van der Waals surface area contributed by atoms with E-state index in [2.05, 4.69) is 27.9 Å². The van der Waals surface area contributed by atoms with Crippen molar-refractivity contribution in [1.82, 2.24) is 14.7 Å². The van der Waals surface area contributed by atoms with Crippen molar-refractivity contribution in [3.63, 3.8) is 0 Å². The Morgan fingerprint density at radius 2 is 1.84 bits per heavy atom. The quantitative estimate of drug-likeness (QED) is 0.391. The van der Waals surface area contributed by atoms with Crippen LogP contribution in [0, 0.1) is 13.8 Å². The lowest BCUT2D eigenvalue weighted by atomic mass is 10.0. The van der Waals surface area contributed by atoms with Crippen LogP contribution in [0.5, 0.6) is 0 Å². The molecule has 5 rings (SSSR count). The molecule has 0 fully saturated rings. The predicted octanol–water partition coefficient (Wildman–Crippen LogP) is 5.72. The van der Waals surface area contributed by atoms with Gasteiger partial charge in [-0.05, 0) is 43.2 Å². The highest BCUT2D eigenvalue weighted by Crippen LogP contribution is 2.35. The fourth-order valence-corrected chi connectivity index (χ4v) is 4.15. The molecule has 0 aliphatic heterocycles. The van der Waals surface area contributed by atoms with Crippen LogP contribution in [-0.2, 0) is 6.54 Å². The number of hydrogen-bond donors (Lipinski definition) is 1. The number of aromatic nitrogens is 3. The van der Waals surface area contributed by atoms with Gasteiger partial charge in [-0.15, -0.1) is 0 Å². The Labute approximate surface area is 184 Å². The van der Waals surface area contributed by atoms with Gasteiger partial charge < -0.3 is 14.2 Å². The standard InChI is InChI=1S/C26H21N3O3/c1-16-24(17(2)32-28-16)21-12-22-23(19-9-6-10-20(11-19)26(30)31)15-29(25(22)27-13-21)14-18-7-4-3-5-8-18/h3-13,15H,14H2,1-2H3,(H,30,31). The van der Waals surface area contributed by atoms with Crippen LogP contribution in [0.15, 0.2) is 77.6 Å². The Bertz CT molecular complexity index is 1430. The number of fused-ring (bicyclic) bond motifs is 1. The molecule has 158 valence electrons. The molecule has 3 aromatic heterocycles. The highest BCUT2D eigenvalue weighted by molar-refractivity contribution is 5.98. The van der Waals surface area contributed by atoms with Gasteiger partial charge >= 0.3 is 5.97 Å². The highest BCUT2D eigenvalue weighted by Gasteiger charge is 2.17. The molecule has 3 heterocycles. The van der Waals surface area contributed by atoms with Gasteiger partial charge in [-0.3, -0.25) is 0 Å². The molecule has 0 aliphatic carbocycles. The molecule has 0 aliphatic rings. The number of carboxylic acids is 1. The van der Waals surface area contributed by atoms with E-state index in [0.717, 1.165) is 50.3 Å². The van der Waals surface area contributed by atoms with Gasteiger partial charge in [0.05, 0.1) is 11.3 Å². The average Bonchev–Trinajstić information content (AvgIpc) is 3.33. The molecule has 5 aromatic rings. The molecule has 6 nitrogen and oxygen atoms in total. The molecule has 6 heteroatoms. The maximum atomic E-state index is 11.5. The van der Waals surface area contributed by atoms with Gasteiger partial charge in [-0.2, -0.15) is 0 Å². The number of benzene rings is 2. The Balaban J connectivity index is 1.72. The molecule has 1 N–H and O–H groups in total. The first-order valence-electron chi connectivity index (χ1n) is 10.3. The van der Waals surface area contributed by atoms with Gasteiger partial charge in [0.15, 0.2) is 0 Å². The third-order valence-electron chi connectivity index (χ3n) is 5.65. The van der Waals surface area contributed by atoms with Crippen LogP contribution in [0.25, 0.3) is 33.3 Å². The number of carbonyl (C=O) groups is 1. The third-order valence-corrected chi connectivity index (χ3v) is 5.65. The summed E-state index contributed by atoms with van der Waals surface area (Å²) in [6.45, 7) is 4.46. The van der Waals surface area contributed by atoms with Crippen molar-refractivity contribution in [3.8, 4) is 22.3 Å². The van der Waals surface area contributed by atoms with E-state index >= 15 is 0 Å². The minimum absolute atomic E-state index is 0.251. The Morgan fingerprint density at radius 3 is 2.56 bits per heavy atom. The monoisotopic (exact) mass is 423 g/mol. The maximum absolute atomic E-state index is 11.5. The van der Waals surface area contributed by atoms with Gasteiger partial charge in [0.1, 0.15) is 11.4 Å². The number of pyridine rings is 1. The second-order valence-corrected chi connectivity index (χ2v) is 7.84. The molecule has 0 saturated carbocycles. The van der Waals surface area contributed by atoms with E-state index in [0.29, 0.717) is 6.54 Å². The van der Waals surface area contributed by atoms with E-state index in [-0.39, 0.29) is 5.56 Å². The lowest BCUT2D eigenvalue weighted by Gasteiger charge is -2.06. The molecule has 2 aromatic carbocycles. The summed E-state index contributed by atoms with van der Waals surface area (Å²) in [5.74, 6) is -0.212. The van der Waals surface area contributed by atoms with Crippen molar-refractivity contribution >= 4 is 17.0 Å². The van der Waals surface area contributed by atoms with Crippen LogP contribution < -0.4 is 0 Å². The van der Waals surface area contributed by atoms with E-state index in [9.17, 15) is 9.90 Å². The second-order valence-electron chi connectivity index (χ2n) is 7.84. The molecule has 0 unspecified atom stereocenters. The van der Waals surface area contributed by atoms with Crippen molar-refractivity contribution in [2.45, 2.75) is 20.4 Å². The first-order valence-corrected chi connectivity index (χ1v) is 10.3. The Kier molecular flexibility index (Phi) is 4.82. The van der Waals surface area contributed by atoms with Crippen LogP contribution in [0.4, 0.5) is 0 Å². The number of hydrogen-bond acceptors (Lipinski definition) is 4. The van der Waals surface area contributed by atoms with Gasteiger partial charge in [0.2, 0.25) is 0 Å². The summed E-state index contributed by atoms with van der Waals surface area (Å²) in [6, 6.07) is 19.3. The summed E-state index contributed by atoms with van der Waals surface area (Å²) in [5, 5.41) is 14.5. The normalized spacial score (nSPS) is 11.2. The number of nitrogens with zero attached hydrogens (tertiary/aromatic N) is 3. The molecule has 0 spiro atoms. The minimum Gasteiger partial charge on any atom is -0.478 e. The summed E-state index contributed by atoms with van der Waals surface area (Å²) < 4.78 is 7.46. The SMILES string of the molecule is Cc1noc(C)c1-c1cnc2c(c1)c(-c1cccc(C(=O)O)c1)cn2Cc1ccccc1. The smallest absolute Gasteiger partial charge is 0.335 e. The zero-order chi connectivity index (χ0) is 22.2. The maximum Gasteiger partial charge on any atom is 0.335 e. The molecular weight excluding hydrogens is 402 g/mol. The zero-order valence-electron chi connectivity index (χ0n) is 17.7. The van der Waals surface area contributed by atoms with Crippen LogP contribution in [0.1, 0.15) is 27.4 Å². The molecular formula is C26H21N3O3. The van der Waals surface area contributed by atoms with E-state index in [1.807, 2.05) is 50.5 Å². The van der Waals surface area contributed by atoms with Gasteiger partial charge in [-0.1, -0.05) is 47.6 Å². The van der Waals surface area contributed by atoms with Crippen LogP contribution >= 0.6 is 0 Å². The zero-order valence-corrected chi connectivity index (χ0v) is 17.7. The number of aryl methyl sites for hydroxylation is 2. The van der Waals surface area contributed by atoms with E-state index < -0.39 is 5.97 Å². The molecule has 0 bridgehead atoms. The van der Waals surface area contributed by atoms with Crippen molar-refractivity contribution in [2.24, 2.45) is 0 Å². The van der Waals surface area contributed by atoms with E-state index in [1.165, 1.54) is 0 Å². The summed E-state index contributed by atoms with van der Waals surface area (Å²) >= 11 is 0. The van der Waals surface area contributed by atoms with Crippen LogP contribution in [0.3, 0.4) is 0 Å². The molecule has 0 radical (unpaired) electrons.